The quantitative estimate of drug-likeness (QED) is 0.700. The van der Waals surface area contributed by atoms with E-state index in [1.807, 2.05) is 18.2 Å². The summed E-state index contributed by atoms with van der Waals surface area (Å²) in [6.07, 6.45) is 9.54. The van der Waals surface area contributed by atoms with Crippen molar-refractivity contribution < 1.29 is 5.11 Å². The van der Waals surface area contributed by atoms with Gasteiger partial charge in [-0.15, -0.1) is 0 Å². The molecule has 2 aromatic carbocycles. The van der Waals surface area contributed by atoms with E-state index in [0.29, 0.717) is 5.75 Å². The highest BCUT2D eigenvalue weighted by Gasteiger charge is 2.17. The smallest absolute Gasteiger partial charge is 0.120 e. The molecule has 1 fully saturated rings. The second kappa shape index (κ2) is 9.45. The zero-order chi connectivity index (χ0) is 19.9. The molecule has 148 valence electrons. The summed E-state index contributed by atoms with van der Waals surface area (Å²) in [6, 6.07) is 16.1. The molecule has 29 heavy (non-hydrogen) atoms. The SMILES string of the molecule is Oc1ccc(-c2cncnc2)cc1CN1CCN(CC=Cc2ccccc2)CC1. The summed E-state index contributed by atoms with van der Waals surface area (Å²) in [4.78, 5) is 13.0. The van der Waals surface area contributed by atoms with Gasteiger partial charge in [0.2, 0.25) is 0 Å². The maximum Gasteiger partial charge on any atom is 0.120 e. The molecule has 3 aromatic rings. The monoisotopic (exact) mass is 386 g/mol. The third-order valence-electron chi connectivity index (χ3n) is 5.31. The molecule has 1 saturated heterocycles. The molecule has 1 aliphatic rings. The Kier molecular flexibility index (Phi) is 6.29. The molecule has 2 heterocycles. The van der Waals surface area contributed by atoms with Crippen molar-refractivity contribution in [2.24, 2.45) is 0 Å². The molecule has 0 atom stereocenters. The van der Waals surface area contributed by atoms with Gasteiger partial charge in [0.25, 0.3) is 0 Å². The normalized spacial score (nSPS) is 15.7. The Bertz CT molecular complexity index is 936. The largest absolute Gasteiger partial charge is 0.508 e. The molecule has 0 spiro atoms. The number of phenols is 1. The van der Waals surface area contributed by atoms with Crippen LogP contribution >= 0.6 is 0 Å². The Morgan fingerprint density at radius 1 is 0.862 bits per heavy atom. The molecule has 0 unspecified atom stereocenters. The molecule has 1 aliphatic heterocycles. The number of aromatic nitrogens is 2. The highest BCUT2D eigenvalue weighted by atomic mass is 16.3. The average molecular weight is 386 g/mol. The Hall–Kier alpha value is -3.02. The maximum atomic E-state index is 10.3. The minimum atomic E-state index is 0.346. The molecule has 5 heteroatoms. The number of phenolic OH excluding ortho intramolecular Hbond substituents is 1. The van der Waals surface area contributed by atoms with E-state index in [1.54, 1.807) is 18.5 Å². The van der Waals surface area contributed by atoms with Crippen molar-refractivity contribution >= 4 is 6.08 Å². The van der Waals surface area contributed by atoms with E-state index in [2.05, 4.69) is 56.2 Å². The molecule has 1 aromatic heterocycles. The topological polar surface area (TPSA) is 52.5 Å². The Morgan fingerprint density at radius 2 is 1.59 bits per heavy atom. The van der Waals surface area contributed by atoms with Gasteiger partial charge in [-0.1, -0.05) is 48.6 Å². The van der Waals surface area contributed by atoms with Crippen LogP contribution < -0.4 is 0 Å². The van der Waals surface area contributed by atoms with Crippen molar-refractivity contribution in [2.45, 2.75) is 6.54 Å². The molecular formula is C24H26N4O. The first-order valence-electron chi connectivity index (χ1n) is 10.0. The molecule has 4 rings (SSSR count). The summed E-state index contributed by atoms with van der Waals surface area (Å²) < 4.78 is 0. The zero-order valence-electron chi connectivity index (χ0n) is 16.5. The van der Waals surface area contributed by atoms with Crippen LogP contribution in [0.1, 0.15) is 11.1 Å². The molecule has 0 bridgehead atoms. The van der Waals surface area contributed by atoms with Crippen LogP contribution in [-0.2, 0) is 6.54 Å². The zero-order valence-corrected chi connectivity index (χ0v) is 16.5. The highest BCUT2D eigenvalue weighted by Crippen LogP contribution is 2.26. The van der Waals surface area contributed by atoms with Crippen LogP contribution in [0, 0.1) is 0 Å². The molecule has 0 radical (unpaired) electrons. The number of hydrogen-bond acceptors (Lipinski definition) is 5. The van der Waals surface area contributed by atoms with E-state index < -0.39 is 0 Å². The highest BCUT2D eigenvalue weighted by molar-refractivity contribution is 5.63. The van der Waals surface area contributed by atoms with E-state index >= 15 is 0 Å². The van der Waals surface area contributed by atoms with Crippen LogP contribution in [-0.4, -0.2) is 57.6 Å². The standard InChI is InChI=1S/C24H26N4O/c29-24-9-8-21(23-16-25-19-26-17-23)15-22(24)18-28-13-11-27(12-14-28)10-4-7-20-5-2-1-3-6-20/h1-9,15-17,19,29H,10-14,18H2. The van der Waals surface area contributed by atoms with Crippen LogP contribution in [0.3, 0.4) is 0 Å². The van der Waals surface area contributed by atoms with Gasteiger partial charge in [0.1, 0.15) is 12.1 Å². The third kappa shape index (κ3) is 5.28. The first-order chi connectivity index (χ1) is 14.3. The lowest BCUT2D eigenvalue weighted by Gasteiger charge is -2.34. The number of nitrogens with zero attached hydrogens (tertiary/aromatic N) is 4. The summed E-state index contributed by atoms with van der Waals surface area (Å²) in [7, 11) is 0. The fraction of sp³-hybridized carbons (Fsp3) is 0.250. The van der Waals surface area contributed by atoms with Crippen LogP contribution in [0.25, 0.3) is 17.2 Å². The summed E-state index contributed by atoms with van der Waals surface area (Å²) in [5.41, 5.74) is 4.18. The summed E-state index contributed by atoms with van der Waals surface area (Å²) in [6.45, 7) is 5.78. The molecule has 0 saturated carbocycles. The number of piperazine rings is 1. The lowest BCUT2D eigenvalue weighted by molar-refractivity contribution is 0.136. The molecule has 0 aliphatic carbocycles. The van der Waals surface area contributed by atoms with Crippen molar-refractivity contribution in [1.29, 1.82) is 0 Å². The van der Waals surface area contributed by atoms with Gasteiger partial charge >= 0.3 is 0 Å². The lowest BCUT2D eigenvalue weighted by atomic mass is 10.0. The number of benzene rings is 2. The molecule has 0 amide bonds. The van der Waals surface area contributed by atoms with Gasteiger partial charge in [-0.3, -0.25) is 9.80 Å². The Morgan fingerprint density at radius 3 is 2.34 bits per heavy atom. The maximum absolute atomic E-state index is 10.3. The minimum Gasteiger partial charge on any atom is -0.508 e. The van der Waals surface area contributed by atoms with Gasteiger partial charge in [-0.05, 0) is 23.3 Å². The Labute approximate surface area is 172 Å². The molecular weight excluding hydrogens is 360 g/mol. The van der Waals surface area contributed by atoms with E-state index in [0.717, 1.165) is 56.0 Å². The van der Waals surface area contributed by atoms with E-state index in [9.17, 15) is 5.11 Å². The summed E-state index contributed by atoms with van der Waals surface area (Å²) in [5.74, 6) is 0.346. The van der Waals surface area contributed by atoms with Crippen molar-refractivity contribution in [2.75, 3.05) is 32.7 Å². The minimum absolute atomic E-state index is 0.346. The van der Waals surface area contributed by atoms with Gasteiger partial charge in [0, 0.05) is 62.8 Å². The van der Waals surface area contributed by atoms with Gasteiger partial charge in [0.15, 0.2) is 0 Å². The molecule has 1 N–H and O–H groups in total. The van der Waals surface area contributed by atoms with Crippen LogP contribution in [0.4, 0.5) is 0 Å². The average Bonchev–Trinajstić information content (AvgIpc) is 2.78. The van der Waals surface area contributed by atoms with Gasteiger partial charge < -0.3 is 5.11 Å². The van der Waals surface area contributed by atoms with Gasteiger partial charge in [0.05, 0.1) is 0 Å². The van der Waals surface area contributed by atoms with E-state index in [1.165, 1.54) is 11.9 Å². The van der Waals surface area contributed by atoms with Gasteiger partial charge in [-0.25, -0.2) is 9.97 Å². The van der Waals surface area contributed by atoms with Crippen molar-refractivity contribution in [3.05, 3.63) is 84.5 Å². The first kappa shape index (κ1) is 19.3. The fourth-order valence-corrected chi connectivity index (χ4v) is 3.61. The number of rotatable bonds is 6. The predicted octanol–water partition coefficient (Wildman–Crippen LogP) is 3.68. The predicted molar refractivity (Wildman–Crippen MR) is 116 cm³/mol. The summed E-state index contributed by atoms with van der Waals surface area (Å²) >= 11 is 0. The first-order valence-corrected chi connectivity index (χ1v) is 10.0. The fourth-order valence-electron chi connectivity index (χ4n) is 3.61. The van der Waals surface area contributed by atoms with Gasteiger partial charge in [-0.2, -0.15) is 0 Å². The number of hydrogen-bond donors (Lipinski definition) is 1. The van der Waals surface area contributed by atoms with Crippen LogP contribution in [0.15, 0.2) is 73.3 Å². The van der Waals surface area contributed by atoms with E-state index in [4.69, 9.17) is 0 Å². The Balaban J connectivity index is 1.31. The second-order valence-electron chi connectivity index (χ2n) is 7.36. The lowest BCUT2D eigenvalue weighted by Crippen LogP contribution is -2.45. The third-order valence-corrected chi connectivity index (χ3v) is 5.31. The van der Waals surface area contributed by atoms with E-state index in [-0.39, 0.29) is 0 Å². The van der Waals surface area contributed by atoms with Crippen LogP contribution in [0.2, 0.25) is 0 Å². The van der Waals surface area contributed by atoms with Crippen molar-refractivity contribution in [1.82, 2.24) is 19.8 Å². The van der Waals surface area contributed by atoms with Crippen molar-refractivity contribution in [3.63, 3.8) is 0 Å². The summed E-state index contributed by atoms with van der Waals surface area (Å²) in [5, 5.41) is 10.3. The number of aromatic hydroxyl groups is 1. The second-order valence-corrected chi connectivity index (χ2v) is 7.36. The van der Waals surface area contributed by atoms with Crippen LogP contribution in [0.5, 0.6) is 5.75 Å². The molecule has 5 nitrogen and oxygen atoms in total. The van der Waals surface area contributed by atoms with Crippen molar-refractivity contribution in [3.8, 4) is 16.9 Å².